The molecule has 0 radical (unpaired) electrons. The van der Waals surface area contributed by atoms with E-state index >= 15 is 0 Å². The van der Waals surface area contributed by atoms with Crippen molar-refractivity contribution in [1.29, 1.82) is 0 Å². The Kier molecular flexibility index (Phi) is 5.79. The van der Waals surface area contributed by atoms with Crippen LogP contribution in [0.4, 0.5) is 0 Å². The number of piperidine rings is 1. The van der Waals surface area contributed by atoms with Crippen LogP contribution < -0.4 is 5.32 Å². The highest BCUT2D eigenvalue weighted by molar-refractivity contribution is 7.90. The SMILES string of the molecule is CCCNC1CCCN(Cc2ccc(S(C)(=O)=O)cc2)C1. The Hall–Kier alpha value is -0.910. The summed E-state index contributed by atoms with van der Waals surface area (Å²) < 4.78 is 22.9. The highest BCUT2D eigenvalue weighted by atomic mass is 32.2. The Morgan fingerprint density at radius 1 is 1.29 bits per heavy atom. The molecule has 1 aliphatic heterocycles. The summed E-state index contributed by atoms with van der Waals surface area (Å²) in [5.74, 6) is 0. The first-order chi connectivity index (χ1) is 9.99. The van der Waals surface area contributed by atoms with Gasteiger partial charge in [0.2, 0.25) is 0 Å². The molecule has 1 saturated heterocycles. The number of nitrogens with zero attached hydrogens (tertiary/aromatic N) is 1. The van der Waals surface area contributed by atoms with Crippen molar-refractivity contribution in [2.75, 3.05) is 25.9 Å². The van der Waals surface area contributed by atoms with E-state index in [1.165, 1.54) is 31.1 Å². The molecule has 1 atom stereocenters. The molecule has 118 valence electrons. The van der Waals surface area contributed by atoms with Crippen LogP contribution in [-0.2, 0) is 16.4 Å². The second-order valence-electron chi connectivity index (χ2n) is 5.94. The normalized spacial score (nSPS) is 20.6. The van der Waals surface area contributed by atoms with E-state index < -0.39 is 9.84 Å². The smallest absolute Gasteiger partial charge is 0.175 e. The number of hydrogen-bond acceptors (Lipinski definition) is 4. The van der Waals surface area contributed by atoms with E-state index in [0.717, 1.165) is 26.2 Å². The van der Waals surface area contributed by atoms with Gasteiger partial charge in [-0.05, 0) is 50.0 Å². The maximum atomic E-state index is 11.5. The molecule has 1 heterocycles. The molecule has 0 saturated carbocycles. The number of hydrogen-bond donors (Lipinski definition) is 1. The number of benzene rings is 1. The quantitative estimate of drug-likeness (QED) is 0.874. The number of sulfone groups is 1. The van der Waals surface area contributed by atoms with Crippen LogP contribution in [0.15, 0.2) is 29.2 Å². The lowest BCUT2D eigenvalue weighted by molar-refractivity contribution is 0.183. The summed E-state index contributed by atoms with van der Waals surface area (Å²) in [5, 5.41) is 3.60. The van der Waals surface area contributed by atoms with Gasteiger partial charge in [0.25, 0.3) is 0 Å². The van der Waals surface area contributed by atoms with Gasteiger partial charge in [0.05, 0.1) is 4.90 Å². The van der Waals surface area contributed by atoms with Gasteiger partial charge in [0, 0.05) is 25.4 Å². The summed E-state index contributed by atoms with van der Waals surface area (Å²) in [4.78, 5) is 2.85. The summed E-state index contributed by atoms with van der Waals surface area (Å²) in [7, 11) is -3.10. The maximum Gasteiger partial charge on any atom is 0.175 e. The molecule has 1 aromatic rings. The van der Waals surface area contributed by atoms with Crippen molar-refractivity contribution >= 4 is 9.84 Å². The second kappa shape index (κ2) is 7.38. The molecule has 0 aliphatic carbocycles. The molecule has 1 N–H and O–H groups in total. The molecule has 0 amide bonds. The molecule has 5 heteroatoms. The summed E-state index contributed by atoms with van der Waals surface area (Å²) in [6.07, 6.45) is 4.90. The molecule has 1 fully saturated rings. The van der Waals surface area contributed by atoms with E-state index in [0.29, 0.717) is 10.9 Å². The van der Waals surface area contributed by atoms with Crippen molar-refractivity contribution in [1.82, 2.24) is 10.2 Å². The minimum absolute atomic E-state index is 0.396. The number of rotatable bonds is 6. The van der Waals surface area contributed by atoms with Gasteiger partial charge >= 0.3 is 0 Å². The third-order valence-corrected chi connectivity index (χ3v) is 5.07. The molecule has 0 aromatic heterocycles. The van der Waals surface area contributed by atoms with Gasteiger partial charge in [-0.2, -0.15) is 0 Å². The van der Waals surface area contributed by atoms with Crippen molar-refractivity contribution in [2.24, 2.45) is 0 Å². The first-order valence-electron chi connectivity index (χ1n) is 7.74. The van der Waals surface area contributed by atoms with E-state index in [1.54, 1.807) is 12.1 Å². The van der Waals surface area contributed by atoms with Gasteiger partial charge in [-0.1, -0.05) is 19.1 Å². The van der Waals surface area contributed by atoms with Gasteiger partial charge in [0.1, 0.15) is 0 Å². The molecule has 21 heavy (non-hydrogen) atoms. The Morgan fingerprint density at radius 3 is 2.62 bits per heavy atom. The summed E-state index contributed by atoms with van der Waals surface area (Å²) in [6.45, 7) is 6.37. The minimum Gasteiger partial charge on any atom is -0.313 e. The summed E-state index contributed by atoms with van der Waals surface area (Å²) in [6, 6.07) is 7.87. The highest BCUT2D eigenvalue weighted by Gasteiger charge is 2.19. The van der Waals surface area contributed by atoms with Crippen molar-refractivity contribution < 1.29 is 8.42 Å². The van der Waals surface area contributed by atoms with E-state index in [-0.39, 0.29) is 0 Å². The Morgan fingerprint density at radius 2 is 2.00 bits per heavy atom. The molecular formula is C16H26N2O2S. The van der Waals surface area contributed by atoms with Crippen LogP contribution >= 0.6 is 0 Å². The second-order valence-corrected chi connectivity index (χ2v) is 7.96. The minimum atomic E-state index is -3.10. The van der Waals surface area contributed by atoms with Gasteiger partial charge in [-0.3, -0.25) is 4.90 Å². The lowest BCUT2D eigenvalue weighted by atomic mass is 10.0. The van der Waals surface area contributed by atoms with E-state index in [4.69, 9.17) is 0 Å². The lowest BCUT2D eigenvalue weighted by Gasteiger charge is -2.33. The number of nitrogens with one attached hydrogen (secondary N) is 1. The Labute approximate surface area is 128 Å². The van der Waals surface area contributed by atoms with Crippen LogP contribution in [0.3, 0.4) is 0 Å². The zero-order chi connectivity index (χ0) is 15.3. The molecular weight excluding hydrogens is 284 g/mol. The Bertz CT molecular complexity index is 540. The van der Waals surface area contributed by atoms with Crippen molar-refractivity contribution in [3.8, 4) is 0 Å². The van der Waals surface area contributed by atoms with Gasteiger partial charge < -0.3 is 5.32 Å². The fraction of sp³-hybridized carbons (Fsp3) is 0.625. The standard InChI is InChI=1S/C16H26N2O2S/c1-3-10-17-15-5-4-11-18(13-15)12-14-6-8-16(9-7-14)21(2,19)20/h6-9,15,17H,3-5,10-13H2,1-2H3. The largest absolute Gasteiger partial charge is 0.313 e. The summed E-state index contributed by atoms with van der Waals surface area (Å²) in [5.41, 5.74) is 1.18. The fourth-order valence-corrected chi connectivity index (χ4v) is 3.44. The van der Waals surface area contributed by atoms with Gasteiger partial charge in [0.15, 0.2) is 9.84 Å². The van der Waals surface area contributed by atoms with Crippen LogP contribution in [-0.4, -0.2) is 45.2 Å². The van der Waals surface area contributed by atoms with E-state index in [1.807, 2.05) is 12.1 Å². The van der Waals surface area contributed by atoms with Crippen LogP contribution in [0.2, 0.25) is 0 Å². The van der Waals surface area contributed by atoms with Crippen LogP contribution in [0.5, 0.6) is 0 Å². The Balaban J connectivity index is 1.92. The fourth-order valence-electron chi connectivity index (χ4n) is 2.81. The third-order valence-electron chi connectivity index (χ3n) is 3.95. The molecule has 2 rings (SSSR count). The van der Waals surface area contributed by atoms with E-state index in [9.17, 15) is 8.42 Å². The lowest BCUT2D eigenvalue weighted by Crippen LogP contribution is -2.45. The monoisotopic (exact) mass is 310 g/mol. The zero-order valence-corrected chi connectivity index (χ0v) is 13.8. The molecule has 0 spiro atoms. The van der Waals surface area contributed by atoms with Crippen molar-refractivity contribution in [3.05, 3.63) is 29.8 Å². The first kappa shape index (κ1) is 16.5. The topological polar surface area (TPSA) is 49.4 Å². The first-order valence-corrected chi connectivity index (χ1v) is 9.63. The average Bonchev–Trinajstić information content (AvgIpc) is 2.45. The predicted octanol–water partition coefficient (Wildman–Crippen LogP) is 2.05. The average molecular weight is 310 g/mol. The van der Waals surface area contributed by atoms with Crippen LogP contribution in [0.25, 0.3) is 0 Å². The molecule has 4 nitrogen and oxygen atoms in total. The van der Waals surface area contributed by atoms with Crippen molar-refractivity contribution in [3.63, 3.8) is 0 Å². The molecule has 1 aliphatic rings. The van der Waals surface area contributed by atoms with Crippen LogP contribution in [0, 0.1) is 0 Å². The molecule has 1 unspecified atom stereocenters. The molecule has 1 aromatic carbocycles. The third kappa shape index (κ3) is 5.09. The molecule has 0 bridgehead atoms. The van der Waals surface area contributed by atoms with Gasteiger partial charge in [-0.15, -0.1) is 0 Å². The maximum absolute atomic E-state index is 11.5. The predicted molar refractivity (Wildman–Crippen MR) is 86.1 cm³/mol. The summed E-state index contributed by atoms with van der Waals surface area (Å²) >= 11 is 0. The van der Waals surface area contributed by atoms with E-state index in [2.05, 4.69) is 17.1 Å². The zero-order valence-electron chi connectivity index (χ0n) is 13.0. The van der Waals surface area contributed by atoms with Crippen molar-refractivity contribution in [2.45, 2.75) is 43.7 Å². The van der Waals surface area contributed by atoms with Crippen LogP contribution in [0.1, 0.15) is 31.7 Å². The van der Waals surface area contributed by atoms with Gasteiger partial charge in [-0.25, -0.2) is 8.42 Å². The number of likely N-dealkylation sites (tertiary alicyclic amines) is 1. The highest BCUT2D eigenvalue weighted by Crippen LogP contribution is 2.16.